The fourth-order valence-electron chi connectivity index (χ4n) is 8.51. The summed E-state index contributed by atoms with van der Waals surface area (Å²) in [5, 5.41) is 24.1. The molecular formula is C51H64N12O9. The summed E-state index contributed by atoms with van der Waals surface area (Å²) in [5.74, 6) is -6.69. The molecule has 12 N–H and O–H groups in total. The topological polar surface area (TPSA) is 320 Å². The fraction of sp³-hybridized carbons (Fsp3) is 0.412. The monoisotopic (exact) mass is 988 g/mol. The molecule has 1 saturated heterocycles. The van der Waals surface area contributed by atoms with Gasteiger partial charge in [0.15, 0.2) is 0 Å². The van der Waals surface area contributed by atoms with Crippen LogP contribution in [0.15, 0.2) is 85.5 Å². The van der Waals surface area contributed by atoms with E-state index in [9.17, 15) is 43.2 Å². The second-order valence-electron chi connectivity index (χ2n) is 18.1. The Bertz CT molecular complexity index is 2740. The molecule has 2 aromatic heterocycles. The lowest BCUT2D eigenvalue weighted by atomic mass is 10.00. The lowest BCUT2D eigenvalue weighted by Gasteiger charge is -2.27. The molecule has 0 aliphatic carbocycles. The fourth-order valence-corrected chi connectivity index (χ4v) is 8.51. The molecule has 0 spiro atoms. The first-order chi connectivity index (χ1) is 34.6. The Kier molecular flexibility index (Phi) is 19.0. The number of para-hydroxylation sites is 1. The van der Waals surface area contributed by atoms with Gasteiger partial charge in [-0.2, -0.15) is 0 Å². The van der Waals surface area contributed by atoms with Crippen LogP contribution in [0.25, 0.3) is 21.7 Å². The van der Waals surface area contributed by atoms with Gasteiger partial charge in [0.2, 0.25) is 53.2 Å². The van der Waals surface area contributed by atoms with E-state index in [0.29, 0.717) is 36.1 Å². The number of carbonyl (C=O) groups is 9. The lowest BCUT2D eigenvalue weighted by molar-refractivity contribution is -0.136. The summed E-state index contributed by atoms with van der Waals surface area (Å²) in [5.41, 5.74) is 8.31. The number of amides is 9. The number of primary amides is 1. The smallest absolute Gasteiger partial charge is 0.243 e. The summed E-state index contributed by atoms with van der Waals surface area (Å²) < 4.78 is 0. The molecule has 1 fully saturated rings. The number of fused-ring (bicyclic) bond motifs is 2. The Morgan fingerprint density at radius 3 is 2.18 bits per heavy atom. The molecule has 3 aromatic carbocycles. The van der Waals surface area contributed by atoms with Gasteiger partial charge in [0.25, 0.3) is 0 Å². The minimum atomic E-state index is -1.56. The zero-order valence-corrected chi connectivity index (χ0v) is 40.6. The van der Waals surface area contributed by atoms with E-state index in [1.54, 1.807) is 12.3 Å². The summed E-state index contributed by atoms with van der Waals surface area (Å²) in [6, 6.07) is 11.4. The van der Waals surface area contributed by atoms with Crippen LogP contribution in [0.4, 0.5) is 0 Å². The Hall–Kier alpha value is -8.10. The quantitative estimate of drug-likeness (QED) is 0.0791. The van der Waals surface area contributed by atoms with Gasteiger partial charge in [-0.1, -0.05) is 80.4 Å². The van der Waals surface area contributed by atoms with Gasteiger partial charge in [0.1, 0.15) is 42.3 Å². The summed E-state index contributed by atoms with van der Waals surface area (Å²) in [4.78, 5) is 134. The number of benzene rings is 3. The van der Waals surface area contributed by atoms with Crippen molar-refractivity contribution < 1.29 is 43.2 Å². The number of aromatic nitrogens is 3. The van der Waals surface area contributed by atoms with Crippen LogP contribution in [-0.2, 0) is 62.4 Å². The summed E-state index contributed by atoms with van der Waals surface area (Å²) >= 11 is 0. The van der Waals surface area contributed by atoms with E-state index in [2.05, 4.69) is 57.5 Å². The van der Waals surface area contributed by atoms with Crippen molar-refractivity contribution in [3.8, 4) is 0 Å². The largest absolute Gasteiger partial charge is 0.368 e. The first kappa shape index (κ1) is 53.3. The van der Waals surface area contributed by atoms with Crippen molar-refractivity contribution in [3.05, 3.63) is 102 Å². The maximum absolute atomic E-state index is 14.6. The number of nitrogens with zero attached hydrogens (tertiary/aromatic N) is 1. The second kappa shape index (κ2) is 25.7. The summed E-state index contributed by atoms with van der Waals surface area (Å²) in [6.07, 6.45) is 5.84. The maximum Gasteiger partial charge on any atom is 0.243 e. The Morgan fingerprint density at radius 1 is 0.764 bits per heavy atom. The standard InChI is InChI=1S/C51H64N12O9/c1-4-5-15-39(58-30(3)64)47(68)63-43-25-44(65)54-20-11-10-17-38(45(52)66)59-49(70)41(23-34-26-55-37-16-9-8-14-36(34)37)60-46(67)29(2)57-48(69)40(22-31-18-19-32-12-6-7-13-33(32)21-31)61-50(71)42(62-51(43)72)24-35-27-53-28-56-35/h6-9,12-14,16,18-19,21,26-29,38-43,55H,4-5,10-11,15,17,20,22-25H2,1-3H3,(H2,52,66)(H,53,56)(H,54,65)(H,57,69)(H,58,64)(H,59,70)(H,60,67)(H,61,71)(H,62,72)(H,63,68)/t29-,38-,39-,40+,41-,42-,43-/m0/s1. The van der Waals surface area contributed by atoms with Crippen LogP contribution >= 0.6 is 0 Å². The van der Waals surface area contributed by atoms with E-state index in [4.69, 9.17) is 5.73 Å². The van der Waals surface area contributed by atoms with Gasteiger partial charge in [-0.25, -0.2) is 4.98 Å². The highest BCUT2D eigenvalue weighted by atomic mass is 16.2. The van der Waals surface area contributed by atoms with Crippen molar-refractivity contribution >= 4 is 74.8 Å². The third kappa shape index (κ3) is 15.2. The van der Waals surface area contributed by atoms with Gasteiger partial charge < -0.3 is 58.2 Å². The van der Waals surface area contributed by atoms with Crippen molar-refractivity contribution in [3.63, 3.8) is 0 Å². The Balaban J connectivity index is 1.35. The molecule has 21 nitrogen and oxygen atoms in total. The molecule has 0 unspecified atom stereocenters. The van der Waals surface area contributed by atoms with E-state index < -0.39 is 102 Å². The lowest BCUT2D eigenvalue weighted by Crippen LogP contribution is -2.60. The average Bonchev–Trinajstić information content (AvgIpc) is 4.03. The van der Waals surface area contributed by atoms with Crippen LogP contribution in [-0.4, -0.2) is 117 Å². The van der Waals surface area contributed by atoms with E-state index in [1.165, 1.54) is 26.4 Å². The van der Waals surface area contributed by atoms with Crippen molar-refractivity contribution in [1.29, 1.82) is 0 Å². The molecule has 3 heterocycles. The minimum absolute atomic E-state index is 0.0159. The molecule has 6 rings (SSSR count). The molecule has 5 aromatic rings. The van der Waals surface area contributed by atoms with Crippen LogP contribution in [0.1, 0.15) is 82.5 Å². The third-order valence-corrected chi connectivity index (χ3v) is 12.4. The van der Waals surface area contributed by atoms with Crippen LogP contribution in [0.2, 0.25) is 0 Å². The van der Waals surface area contributed by atoms with Gasteiger partial charge in [-0.3, -0.25) is 43.2 Å². The van der Waals surface area contributed by atoms with Gasteiger partial charge in [0, 0.05) is 61.7 Å². The number of aromatic amines is 2. The number of unbranched alkanes of at least 4 members (excludes halogenated alkanes) is 1. The van der Waals surface area contributed by atoms with E-state index in [-0.39, 0.29) is 45.1 Å². The van der Waals surface area contributed by atoms with E-state index >= 15 is 0 Å². The maximum atomic E-state index is 14.6. The molecule has 382 valence electrons. The molecule has 0 bridgehead atoms. The molecule has 1 aliphatic rings. The first-order valence-corrected chi connectivity index (χ1v) is 24.2. The number of nitrogens with two attached hydrogens (primary N) is 1. The van der Waals surface area contributed by atoms with Crippen molar-refractivity contribution in [1.82, 2.24) is 57.5 Å². The average molecular weight is 989 g/mol. The predicted octanol–water partition coefficient (Wildman–Crippen LogP) is 0.871. The van der Waals surface area contributed by atoms with Crippen LogP contribution in [0.5, 0.6) is 0 Å². The molecule has 9 amide bonds. The molecule has 0 radical (unpaired) electrons. The van der Waals surface area contributed by atoms with Crippen LogP contribution in [0, 0.1) is 0 Å². The third-order valence-electron chi connectivity index (χ3n) is 12.4. The normalized spacial score (nSPS) is 21.8. The van der Waals surface area contributed by atoms with Gasteiger partial charge >= 0.3 is 0 Å². The molecular weight excluding hydrogens is 925 g/mol. The number of H-pyrrole nitrogens is 2. The summed E-state index contributed by atoms with van der Waals surface area (Å²) in [6.45, 7) is 4.64. The number of rotatable bonds is 13. The predicted molar refractivity (Wildman–Crippen MR) is 267 cm³/mol. The number of imidazole rings is 1. The number of nitrogens with one attached hydrogen (secondary N) is 10. The molecule has 1 aliphatic heterocycles. The van der Waals surface area contributed by atoms with Crippen molar-refractivity contribution in [2.75, 3.05) is 6.54 Å². The van der Waals surface area contributed by atoms with Gasteiger partial charge in [0.05, 0.1) is 12.7 Å². The summed E-state index contributed by atoms with van der Waals surface area (Å²) in [7, 11) is 0. The highest BCUT2D eigenvalue weighted by Gasteiger charge is 2.35. The second-order valence-corrected chi connectivity index (χ2v) is 18.1. The zero-order valence-electron chi connectivity index (χ0n) is 40.6. The van der Waals surface area contributed by atoms with Gasteiger partial charge in [-0.15, -0.1) is 0 Å². The Labute approximate surface area is 416 Å². The number of carbonyl (C=O) groups excluding carboxylic acids is 9. The van der Waals surface area contributed by atoms with E-state index in [1.807, 2.05) is 67.6 Å². The number of hydrogen-bond donors (Lipinski definition) is 11. The molecule has 72 heavy (non-hydrogen) atoms. The van der Waals surface area contributed by atoms with Crippen LogP contribution < -0.4 is 48.3 Å². The molecule has 7 atom stereocenters. The molecule has 21 heteroatoms. The SMILES string of the molecule is CCCC[C@H](NC(C)=O)C(=O)N[C@H]1CC(=O)NCCCC[C@@H](C(N)=O)NC(=O)[C@H](Cc2c[nH]c3ccccc23)NC(=O)[C@H](C)NC(=O)[C@@H](Cc2ccc3ccccc3c2)NC(=O)[C@H](Cc2cnc[nH]2)NC1=O. The van der Waals surface area contributed by atoms with E-state index in [0.717, 1.165) is 21.7 Å². The highest BCUT2D eigenvalue weighted by Crippen LogP contribution is 2.20. The Morgan fingerprint density at radius 2 is 1.44 bits per heavy atom. The molecule has 0 saturated carbocycles. The number of hydrogen-bond acceptors (Lipinski definition) is 10. The minimum Gasteiger partial charge on any atom is -0.368 e. The highest BCUT2D eigenvalue weighted by molar-refractivity contribution is 5.99. The van der Waals surface area contributed by atoms with Crippen LogP contribution in [0.3, 0.4) is 0 Å². The van der Waals surface area contributed by atoms with Crippen molar-refractivity contribution in [2.24, 2.45) is 5.73 Å². The first-order valence-electron chi connectivity index (χ1n) is 24.2. The van der Waals surface area contributed by atoms with Gasteiger partial charge in [-0.05, 0) is 60.6 Å². The zero-order chi connectivity index (χ0) is 51.7. The van der Waals surface area contributed by atoms with Crippen molar-refractivity contribution in [2.45, 2.75) is 127 Å².